The van der Waals surface area contributed by atoms with Crippen LogP contribution in [0.2, 0.25) is 5.02 Å². The van der Waals surface area contributed by atoms with E-state index in [9.17, 15) is 13.2 Å². The zero-order chi connectivity index (χ0) is 24.8. The molecule has 7 heteroatoms. The number of carbonyl (C=O) groups is 1. The zero-order valence-electron chi connectivity index (χ0n) is 19.1. The largest absolute Gasteiger partial charge is 0.344 e. The van der Waals surface area contributed by atoms with E-state index in [0.29, 0.717) is 10.7 Å². The molecule has 0 aliphatic carbocycles. The monoisotopic (exact) mass is 504 g/mol. The third kappa shape index (κ3) is 5.91. The Labute approximate surface area is 211 Å². The van der Waals surface area contributed by atoms with Crippen molar-refractivity contribution in [2.45, 2.75) is 17.9 Å². The molecule has 0 heterocycles. The highest BCUT2D eigenvalue weighted by molar-refractivity contribution is 7.92. The van der Waals surface area contributed by atoms with Crippen molar-refractivity contribution < 1.29 is 13.2 Å². The van der Waals surface area contributed by atoms with Crippen LogP contribution in [0.25, 0.3) is 0 Å². The molecule has 0 saturated carbocycles. The van der Waals surface area contributed by atoms with Crippen molar-refractivity contribution in [1.82, 2.24) is 5.32 Å². The molecular weight excluding hydrogens is 480 g/mol. The summed E-state index contributed by atoms with van der Waals surface area (Å²) in [5.74, 6) is -0.445. The van der Waals surface area contributed by atoms with E-state index in [4.69, 9.17) is 11.6 Å². The predicted molar refractivity (Wildman–Crippen MR) is 140 cm³/mol. The summed E-state index contributed by atoms with van der Waals surface area (Å²) < 4.78 is 28.2. The molecule has 0 spiro atoms. The number of anilines is 1. The molecule has 0 fully saturated rings. The summed E-state index contributed by atoms with van der Waals surface area (Å²) in [6.45, 7) is 1.59. The number of sulfonamides is 1. The fraction of sp³-hybridized carbons (Fsp3) is 0.107. The van der Waals surface area contributed by atoms with Crippen molar-refractivity contribution in [2.75, 3.05) is 10.8 Å². The highest BCUT2D eigenvalue weighted by atomic mass is 35.5. The van der Waals surface area contributed by atoms with Gasteiger partial charge in [0.05, 0.1) is 16.6 Å². The average Bonchev–Trinajstić information content (AvgIpc) is 2.87. The van der Waals surface area contributed by atoms with Crippen LogP contribution in [0, 0.1) is 6.92 Å². The molecule has 1 unspecified atom stereocenters. The van der Waals surface area contributed by atoms with Gasteiger partial charge in [-0.05, 0) is 48.4 Å². The van der Waals surface area contributed by atoms with E-state index < -0.39 is 28.5 Å². The molecular formula is C28H25ClN2O3S. The third-order valence-electron chi connectivity index (χ3n) is 5.56. The van der Waals surface area contributed by atoms with Crippen LogP contribution in [0.5, 0.6) is 0 Å². The number of rotatable bonds is 8. The van der Waals surface area contributed by atoms with Gasteiger partial charge < -0.3 is 5.32 Å². The lowest BCUT2D eigenvalue weighted by Gasteiger charge is -2.26. The second-order valence-corrected chi connectivity index (χ2v) is 10.4. The van der Waals surface area contributed by atoms with Crippen molar-refractivity contribution in [2.24, 2.45) is 0 Å². The number of amides is 1. The van der Waals surface area contributed by atoms with Crippen molar-refractivity contribution in [1.29, 1.82) is 0 Å². The fourth-order valence-corrected chi connectivity index (χ4v) is 5.38. The Morgan fingerprint density at radius 3 is 2.06 bits per heavy atom. The zero-order valence-corrected chi connectivity index (χ0v) is 20.7. The van der Waals surface area contributed by atoms with Gasteiger partial charge in [0.1, 0.15) is 6.54 Å². The van der Waals surface area contributed by atoms with Crippen LogP contribution in [-0.4, -0.2) is 20.9 Å². The van der Waals surface area contributed by atoms with Gasteiger partial charge in [0, 0.05) is 5.02 Å². The van der Waals surface area contributed by atoms with Crippen molar-refractivity contribution in [3.05, 3.63) is 131 Å². The van der Waals surface area contributed by atoms with Crippen LogP contribution in [-0.2, 0) is 14.8 Å². The lowest BCUT2D eigenvalue weighted by Crippen LogP contribution is -2.42. The van der Waals surface area contributed by atoms with E-state index >= 15 is 0 Å². The van der Waals surface area contributed by atoms with Gasteiger partial charge in [0.2, 0.25) is 5.91 Å². The molecule has 0 bridgehead atoms. The fourth-order valence-electron chi connectivity index (χ4n) is 3.77. The van der Waals surface area contributed by atoms with E-state index in [1.165, 1.54) is 18.2 Å². The molecule has 4 aromatic rings. The second kappa shape index (κ2) is 10.8. The van der Waals surface area contributed by atoms with Gasteiger partial charge in [-0.25, -0.2) is 8.42 Å². The number of benzene rings is 4. The van der Waals surface area contributed by atoms with E-state index in [2.05, 4.69) is 5.32 Å². The van der Waals surface area contributed by atoms with Crippen molar-refractivity contribution >= 4 is 33.2 Å². The van der Waals surface area contributed by atoms with Crippen LogP contribution in [0.1, 0.15) is 22.7 Å². The van der Waals surface area contributed by atoms with E-state index in [1.54, 1.807) is 36.4 Å². The Morgan fingerprint density at radius 1 is 0.829 bits per heavy atom. The van der Waals surface area contributed by atoms with Gasteiger partial charge in [-0.3, -0.25) is 9.10 Å². The minimum atomic E-state index is -4.02. The van der Waals surface area contributed by atoms with Gasteiger partial charge in [-0.15, -0.1) is 0 Å². The summed E-state index contributed by atoms with van der Waals surface area (Å²) in [5, 5.41) is 3.40. The first-order valence-electron chi connectivity index (χ1n) is 11.1. The minimum Gasteiger partial charge on any atom is -0.344 e. The first kappa shape index (κ1) is 24.5. The Hall–Kier alpha value is -3.61. The molecule has 0 radical (unpaired) electrons. The van der Waals surface area contributed by atoms with Gasteiger partial charge in [0.25, 0.3) is 10.0 Å². The highest BCUT2D eigenvalue weighted by Crippen LogP contribution is 2.27. The maximum absolute atomic E-state index is 13.5. The number of halogens is 1. The molecule has 5 nitrogen and oxygen atoms in total. The standard InChI is InChI=1S/C28H25ClN2O3S/c1-21-15-17-23(18-16-21)28(22-9-4-2-5-10-22)30-27(32)20-31(25-12-8-11-24(29)19-25)35(33,34)26-13-6-3-7-14-26/h2-19,28H,20H2,1H3,(H,30,32). The summed E-state index contributed by atoms with van der Waals surface area (Å²) in [6, 6.07) is 31.5. The lowest BCUT2D eigenvalue weighted by molar-refractivity contribution is -0.120. The summed E-state index contributed by atoms with van der Waals surface area (Å²) >= 11 is 6.16. The molecule has 0 saturated heterocycles. The molecule has 1 amide bonds. The molecule has 4 rings (SSSR count). The van der Waals surface area contributed by atoms with E-state index in [0.717, 1.165) is 21.0 Å². The summed E-state index contributed by atoms with van der Waals surface area (Å²) in [7, 11) is -4.02. The smallest absolute Gasteiger partial charge is 0.264 e. The molecule has 4 aromatic carbocycles. The summed E-state index contributed by atoms with van der Waals surface area (Å²) in [4.78, 5) is 13.5. The molecule has 0 aliphatic rings. The Morgan fingerprint density at radius 2 is 1.43 bits per heavy atom. The van der Waals surface area contributed by atoms with Crippen molar-refractivity contribution in [3.8, 4) is 0 Å². The Balaban J connectivity index is 1.68. The molecule has 0 aliphatic heterocycles. The predicted octanol–water partition coefficient (Wildman–Crippen LogP) is 5.75. The topological polar surface area (TPSA) is 66.5 Å². The third-order valence-corrected chi connectivity index (χ3v) is 7.59. The summed E-state index contributed by atoms with van der Waals surface area (Å²) in [5.41, 5.74) is 3.20. The number of aryl methyl sites for hydroxylation is 1. The van der Waals surface area contributed by atoms with Crippen LogP contribution < -0.4 is 9.62 Å². The molecule has 1 N–H and O–H groups in total. The number of nitrogens with zero attached hydrogens (tertiary/aromatic N) is 1. The number of hydrogen-bond donors (Lipinski definition) is 1. The maximum atomic E-state index is 13.5. The number of nitrogens with one attached hydrogen (secondary N) is 1. The van der Waals surface area contributed by atoms with Gasteiger partial charge in [-0.2, -0.15) is 0 Å². The number of carbonyl (C=O) groups excluding carboxylic acids is 1. The van der Waals surface area contributed by atoms with E-state index in [-0.39, 0.29) is 4.90 Å². The molecule has 178 valence electrons. The van der Waals surface area contributed by atoms with Crippen LogP contribution >= 0.6 is 11.6 Å². The second-order valence-electron chi connectivity index (χ2n) is 8.13. The highest BCUT2D eigenvalue weighted by Gasteiger charge is 2.28. The first-order chi connectivity index (χ1) is 16.8. The summed E-state index contributed by atoms with van der Waals surface area (Å²) in [6.07, 6.45) is 0. The van der Waals surface area contributed by atoms with Gasteiger partial charge >= 0.3 is 0 Å². The Bertz CT molecular complexity index is 1390. The van der Waals surface area contributed by atoms with E-state index in [1.807, 2.05) is 61.5 Å². The van der Waals surface area contributed by atoms with Crippen LogP contribution in [0.3, 0.4) is 0 Å². The van der Waals surface area contributed by atoms with Crippen LogP contribution in [0.15, 0.2) is 114 Å². The molecule has 0 aromatic heterocycles. The van der Waals surface area contributed by atoms with Gasteiger partial charge in [-0.1, -0.05) is 96.0 Å². The maximum Gasteiger partial charge on any atom is 0.264 e. The van der Waals surface area contributed by atoms with Crippen LogP contribution in [0.4, 0.5) is 5.69 Å². The minimum absolute atomic E-state index is 0.0888. The van der Waals surface area contributed by atoms with Crippen molar-refractivity contribution in [3.63, 3.8) is 0 Å². The lowest BCUT2D eigenvalue weighted by atomic mass is 9.98. The SMILES string of the molecule is Cc1ccc(C(NC(=O)CN(c2cccc(Cl)c2)S(=O)(=O)c2ccccc2)c2ccccc2)cc1. The normalized spacial score (nSPS) is 12.1. The van der Waals surface area contributed by atoms with Gasteiger partial charge in [0.15, 0.2) is 0 Å². The molecule has 1 atom stereocenters. The Kier molecular flexibility index (Phi) is 7.54. The molecule has 35 heavy (non-hydrogen) atoms. The first-order valence-corrected chi connectivity index (χ1v) is 12.9. The quantitative estimate of drug-likeness (QED) is 0.332. The number of hydrogen-bond acceptors (Lipinski definition) is 3. The average molecular weight is 505 g/mol.